The summed E-state index contributed by atoms with van der Waals surface area (Å²) in [5.74, 6) is 0.242. The summed E-state index contributed by atoms with van der Waals surface area (Å²) in [6, 6.07) is 8.96. The normalized spacial score (nSPS) is 10.6. The van der Waals surface area contributed by atoms with Crippen LogP contribution in [0.25, 0.3) is 10.9 Å². The van der Waals surface area contributed by atoms with Gasteiger partial charge in [-0.2, -0.15) is 0 Å². The van der Waals surface area contributed by atoms with E-state index in [-0.39, 0.29) is 18.0 Å². The van der Waals surface area contributed by atoms with Gasteiger partial charge in [-0.15, -0.1) is 0 Å². The van der Waals surface area contributed by atoms with Crippen molar-refractivity contribution in [3.63, 3.8) is 0 Å². The van der Waals surface area contributed by atoms with E-state index in [1.807, 2.05) is 25.1 Å². The summed E-state index contributed by atoms with van der Waals surface area (Å²) in [4.78, 5) is 33.0. The number of fused-ring (bicyclic) bond motifs is 1. The van der Waals surface area contributed by atoms with Gasteiger partial charge in [-0.3, -0.25) is 14.2 Å². The summed E-state index contributed by atoms with van der Waals surface area (Å²) in [6.45, 7) is 2.14. The highest BCUT2D eigenvalue weighted by atomic mass is 16.5. The van der Waals surface area contributed by atoms with Crippen molar-refractivity contribution >= 4 is 16.8 Å². The van der Waals surface area contributed by atoms with Crippen molar-refractivity contribution < 1.29 is 9.53 Å². The molecule has 0 bridgehead atoms. The van der Waals surface area contributed by atoms with Gasteiger partial charge in [-0.05, 0) is 24.1 Å². The number of para-hydroxylation sites is 1. The van der Waals surface area contributed by atoms with E-state index in [0.29, 0.717) is 23.3 Å². The molecular formula is C18H18N4O3. The highest BCUT2D eigenvalue weighted by Gasteiger charge is 2.09. The van der Waals surface area contributed by atoms with Crippen LogP contribution in [0.3, 0.4) is 0 Å². The molecule has 0 atom stereocenters. The molecule has 1 aromatic carbocycles. The molecule has 0 spiro atoms. The van der Waals surface area contributed by atoms with E-state index in [2.05, 4.69) is 15.3 Å². The Morgan fingerprint density at radius 2 is 2.08 bits per heavy atom. The number of methoxy groups -OCH3 is 1. The number of carbonyl (C=O) groups excluding carboxylic acids is 1. The minimum absolute atomic E-state index is 0.0840. The Kier molecular flexibility index (Phi) is 4.74. The zero-order valence-electron chi connectivity index (χ0n) is 14.0. The largest absolute Gasteiger partial charge is 0.481 e. The number of hydrogen-bond acceptors (Lipinski definition) is 5. The molecule has 3 rings (SSSR count). The topological polar surface area (TPSA) is 86.1 Å². The molecule has 0 saturated heterocycles. The molecule has 2 heterocycles. The van der Waals surface area contributed by atoms with Gasteiger partial charge in [0.2, 0.25) is 11.8 Å². The first-order chi connectivity index (χ1) is 12.1. The van der Waals surface area contributed by atoms with E-state index in [1.165, 1.54) is 10.9 Å². The fourth-order valence-corrected chi connectivity index (χ4v) is 2.50. The molecule has 0 saturated carbocycles. The molecule has 2 aromatic heterocycles. The van der Waals surface area contributed by atoms with Crippen LogP contribution in [-0.4, -0.2) is 27.6 Å². The van der Waals surface area contributed by atoms with Gasteiger partial charge in [0.25, 0.3) is 5.56 Å². The molecular weight excluding hydrogens is 320 g/mol. The lowest BCUT2D eigenvalue weighted by molar-refractivity contribution is -0.121. The van der Waals surface area contributed by atoms with E-state index in [9.17, 15) is 9.59 Å². The molecule has 3 aromatic rings. The third kappa shape index (κ3) is 3.65. The fourth-order valence-electron chi connectivity index (χ4n) is 2.50. The maximum absolute atomic E-state index is 12.5. The van der Waals surface area contributed by atoms with Crippen LogP contribution >= 0.6 is 0 Å². The molecule has 0 unspecified atom stereocenters. The molecule has 1 amide bonds. The molecule has 0 aliphatic carbocycles. The molecule has 7 heteroatoms. The van der Waals surface area contributed by atoms with E-state index in [1.54, 1.807) is 25.4 Å². The lowest BCUT2D eigenvalue weighted by atomic mass is 10.1. The van der Waals surface area contributed by atoms with Crippen LogP contribution < -0.4 is 15.6 Å². The number of rotatable bonds is 5. The predicted molar refractivity (Wildman–Crippen MR) is 93.4 cm³/mol. The third-order valence-electron chi connectivity index (χ3n) is 3.87. The first-order valence-electron chi connectivity index (χ1n) is 7.79. The Balaban J connectivity index is 1.69. The molecule has 0 radical (unpaired) electrons. The van der Waals surface area contributed by atoms with E-state index in [0.717, 1.165) is 11.1 Å². The molecule has 0 aliphatic heterocycles. The van der Waals surface area contributed by atoms with Gasteiger partial charge in [-0.1, -0.05) is 18.2 Å². The Labute approximate surface area is 144 Å². The minimum Gasteiger partial charge on any atom is -0.481 e. The van der Waals surface area contributed by atoms with Crippen LogP contribution in [0.4, 0.5) is 0 Å². The van der Waals surface area contributed by atoms with E-state index >= 15 is 0 Å². The summed E-state index contributed by atoms with van der Waals surface area (Å²) in [5.41, 5.74) is 2.20. The first-order valence-corrected chi connectivity index (χ1v) is 7.79. The standard InChI is InChI=1S/C18H18N4O3/c1-12-4-3-5-14-17(12)21-11-22(18(14)24)10-15(23)19-8-13-6-7-16(25-2)20-9-13/h3-7,9,11H,8,10H2,1-2H3,(H,19,23). The van der Waals surface area contributed by atoms with Crippen molar-refractivity contribution in [3.05, 3.63) is 64.3 Å². The SMILES string of the molecule is COc1ccc(CNC(=O)Cn2cnc3c(C)cccc3c2=O)cn1. The maximum Gasteiger partial charge on any atom is 0.261 e. The van der Waals surface area contributed by atoms with Gasteiger partial charge in [0, 0.05) is 18.8 Å². The summed E-state index contributed by atoms with van der Waals surface area (Å²) in [5, 5.41) is 3.27. The number of nitrogens with zero attached hydrogens (tertiary/aromatic N) is 3. The van der Waals surface area contributed by atoms with Crippen LogP contribution in [0.2, 0.25) is 0 Å². The number of nitrogens with one attached hydrogen (secondary N) is 1. The Hall–Kier alpha value is -3.22. The molecule has 1 N–H and O–H groups in total. The quantitative estimate of drug-likeness (QED) is 0.760. The van der Waals surface area contributed by atoms with Crippen molar-refractivity contribution in [1.29, 1.82) is 0 Å². The Bertz CT molecular complexity index is 964. The van der Waals surface area contributed by atoms with Crippen molar-refractivity contribution in [2.45, 2.75) is 20.0 Å². The average molecular weight is 338 g/mol. The van der Waals surface area contributed by atoms with Crippen LogP contribution in [0.15, 0.2) is 47.7 Å². The van der Waals surface area contributed by atoms with E-state index < -0.39 is 0 Å². The lowest BCUT2D eigenvalue weighted by Gasteiger charge is -2.09. The summed E-state index contributed by atoms with van der Waals surface area (Å²) in [7, 11) is 1.54. The van der Waals surface area contributed by atoms with Gasteiger partial charge < -0.3 is 10.1 Å². The second-order valence-electron chi connectivity index (χ2n) is 5.63. The minimum atomic E-state index is -0.272. The van der Waals surface area contributed by atoms with Crippen LogP contribution in [0.5, 0.6) is 5.88 Å². The smallest absolute Gasteiger partial charge is 0.261 e. The van der Waals surface area contributed by atoms with Crippen molar-refractivity contribution in [2.24, 2.45) is 0 Å². The van der Waals surface area contributed by atoms with Gasteiger partial charge >= 0.3 is 0 Å². The van der Waals surface area contributed by atoms with Crippen molar-refractivity contribution in [1.82, 2.24) is 19.9 Å². The molecule has 128 valence electrons. The predicted octanol–water partition coefficient (Wildman–Crippen LogP) is 1.42. The van der Waals surface area contributed by atoms with Crippen LogP contribution in [0, 0.1) is 6.92 Å². The van der Waals surface area contributed by atoms with Crippen molar-refractivity contribution in [2.75, 3.05) is 7.11 Å². The number of amides is 1. The summed E-state index contributed by atoms with van der Waals surface area (Å²) < 4.78 is 6.30. The van der Waals surface area contributed by atoms with Gasteiger partial charge in [0.15, 0.2) is 0 Å². The third-order valence-corrected chi connectivity index (χ3v) is 3.87. The molecule has 0 fully saturated rings. The number of benzene rings is 1. The summed E-state index contributed by atoms with van der Waals surface area (Å²) >= 11 is 0. The number of aromatic nitrogens is 3. The van der Waals surface area contributed by atoms with Crippen LogP contribution in [0.1, 0.15) is 11.1 Å². The Morgan fingerprint density at radius 3 is 2.80 bits per heavy atom. The highest BCUT2D eigenvalue weighted by molar-refractivity contribution is 5.81. The maximum atomic E-state index is 12.5. The second kappa shape index (κ2) is 7.12. The first kappa shape index (κ1) is 16.6. The zero-order chi connectivity index (χ0) is 17.8. The van der Waals surface area contributed by atoms with Gasteiger partial charge in [-0.25, -0.2) is 9.97 Å². The molecule has 0 aliphatic rings. The molecule has 7 nitrogen and oxygen atoms in total. The number of hydrogen-bond donors (Lipinski definition) is 1. The highest BCUT2D eigenvalue weighted by Crippen LogP contribution is 2.11. The van der Waals surface area contributed by atoms with E-state index in [4.69, 9.17) is 4.74 Å². The Morgan fingerprint density at radius 1 is 1.24 bits per heavy atom. The number of carbonyl (C=O) groups is 1. The van der Waals surface area contributed by atoms with Crippen LogP contribution in [-0.2, 0) is 17.9 Å². The number of aryl methyl sites for hydroxylation is 1. The summed E-state index contributed by atoms with van der Waals surface area (Å²) in [6.07, 6.45) is 3.04. The lowest BCUT2D eigenvalue weighted by Crippen LogP contribution is -2.32. The second-order valence-corrected chi connectivity index (χ2v) is 5.63. The monoisotopic (exact) mass is 338 g/mol. The van der Waals surface area contributed by atoms with Gasteiger partial charge in [0.05, 0.1) is 24.3 Å². The fraction of sp³-hybridized carbons (Fsp3) is 0.222. The molecule has 25 heavy (non-hydrogen) atoms. The zero-order valence-corrected chi connectivity index (χ0v) is 14.0. The van der Waals surface area contributed by atoms with Gasteiger partial charge in [0.1, 0.15) is 6.54 Å². The number of ether oxygens (including phenoxy) is 1. The number of pyridine rings is 1. The van der Waals surface area contributed by atoms with Crippen molar-refractivity contribution in [3.8, 4) is 5.88 Å². The average Bonchev–Trinajstić information content (AvgIpc) is 2.63.